The highest BCUT2D eigenvalue weighted by Crippen LogP contribution is 2.20. The van der Waals surface area contributed by atoms with Crippen LogP contribution < -0.4 is 0 Å². The van der Waals surface area contributed by atoms with Crippen molar-refractivity contribution in [3.63, 3.8) is 0 Å². The van der Waals surface area contributed by atoms with Gasteiger partial charge in [-0.2, -0.15) is 0 Å². The minimum Gasteiger partial charge on any atom is -0.477 e. The fourth-order valence-corrected chi connectivity index (χ4v) is 12.2. The van der Waals surface area contributed by atoms with E-state index in [0.29, 0.717) is 17.4 Å². The number of esters is 2. The van der Waals surface area contributed by atoms with Crippen molar-refractivity contribution in [1.82, 2.24) is 0 Å². The van der Waals surface area contributed by atoms with Gasteiger partial charge in [0.05, 0.1) is 34.4 Å². The Morgan fingerprint density at radius 1 is 0.330 bits per heavy atom. The summed E-state index contributed by atoms with van der Waals surface area (Å²) in [5, 5.41) is 9.77. The van der Waals surface area contributed by atoms with Crippen LogP contribution in [0.2, 0.25) is 0 Å². The summed E-state index contributed by atoms with van der Waals surface area (Å²) in [5.41, 5.74) is 0. The summed E-state index contributed by atoms with van der Waals surface area (Å²) in [5.74, 6) is -1.97. The topological polar surface area (TPSA) is 108 Å². The average Bonchev–Trinajstić information content (AvgIpc) is 3.66. The third kappa shape index (κ3) is 74.8. The minimum atomic E-state index is -1.51. The lowest BCUT2D eigenvalue weighted by Crippen LogP contribution is -2.40. The van der Waals surface area contributed by atoms with Crippen molar-refractivity contribution in [3.05, 3.63) is 36.5 Å². The lowest BCUT2D eigenvalue weighted by atomic mass is 10.0. The van der Waals surface area contributed by atoms with Crippen LogP contribution in [-0.2, 0) is 33.3 Å². The molecule has 0 spiro atoms. The summed E-state index contributed by atoms with van der Waals surface area (Å²) in [4.78, 5) is 37.7. The predicted octanol–water partition coefficient (Wildman–Crippen LogP) is 25.5. The monoisotopic (exact) mass is 1280 g/mol. The van der Waals surface area contributed by atoms with E-state index in [1.165, 1.54) is 340 Å². The van der Waals surface area contributed by atoms with E-state index in [1.54, 1.807) is 0 Å². The van der Waals surface area contributed by atoms with Crippen LogP contribution in [0.3, 0.4) is 0 Å². The average molecular weight is 1280 g/mol. The van der Waals surface area contributed by atoms with Crippen molar-refractivity contribution >= 4 is 17.9 Å². The molecule has 1 N–H and O–H groups in total. The van der Waals surface area contributed by atoms with E-state index in [9.17, 15) is 19.5 Å². The number of rotatable bonds is 76. The number of carboxylic acids is 1. The number of hydrogen-bond acceptors (Lipinski definition) is 7. The maximum absolute atomic E-state index is 13.0. The van der Waals surface area contributed by atoms with Gasteiger partial charge in [-0.25, -0.2) is 4.79 Å². The fraction of sp³-hybridized carbons (Fsp3) is 0.890. The molecule has 9 heteroatoms. The molecule has 0 rings (SSSR count). The molecule has 91 heavy (non-hydrogen) atoms. The molecule has 0 radical (unpaired) electrons. The molecule has 2 unspecified atom stereocenters. The Hall–Kier alpha value is -2.49. The molecular formula is C82H156NO8+. The third-order valence-corrected chi connectivity index (χ3v) is 18.4. The van der Waals surface area contributed by atoms with E-state index < -0.39 is 18.4 Å². The van der Waals surface area contributed by atoms with Crippen LogP contribution in [0, 0.1) is 0 Å². The second-order valence-corrected chi connectivity index (χ2v) is 28.7. The molecule has 0 aromatic heterocycles. The van der Waals surface area contributed by atoms with Crippen molar-refractivity contribution in [3.8, 4) is 0 Å². The van der Waals surface area contributed by atoms with Crippen LogP contribution in [0.4, 0.5) is 0 Å². The second kappa shape index (κ2) is 73.3. The van der Waals surface area contributed by atoms with Crippen LogP contribution in [0.1, 0.15) is 412 Å². The number of quaternary nitrogens is 1. The Bertz CT molecular complexity index is 1590. The molecule has 0 aromatic rings. The molecule has 0 amide bonds. The van der Waals surface area contributed by atoms with E-state index in [4.69, 9.17) is 18.9 Å². The van der Waals surface area contributed by atoms with Crippen LogP contribution in [0.15, 0.2) is 36.5 Å². The van der Waals surface area contributed by atoms with E-state index in [-0.39, 0.29) is 38.2 Å². The number of carboxylic acid groups (broad SMARTS) is 1. The lowest BCUT2D eigenvalue weighted by Gasteiger charge is -2.25. The number of carbonyl (C=O) groups is 3. The number of allylic oxidation sites excluding steroid dienone is 6. The van der Waals surface area contributed by atoms with E-state index >= 15 is 0 Å². The number of carbonyl (C=O) groups excluding carboxylic acids is 2. The summed E-state index contributed by atoms with van der Waals surface area (Å²) in [6.45, 7) is 4.94. The molecule has 0 heterocycles. The minimum absolute atomic E-state index is 0.176. The molecule has 536 valence electrons. The number of ether oxygens (including phenoxy) is 4. The molecule has 0 aliphatic rings. The Labute approximate surface area is 566 Å². The Morgan fingerprint density at radius 3 is 0.879 bits per heavy atom. The predicted molar refractivity (Wildman–Crippen MR) is 392 cm³/mol. The normalized spacial score (nSPS) is 12.8. The van der Waals surface area contributed by atoms with Crippen LogP contribution in [0.5, 0.6) is 0 Å². The summed E-state index contributed by atoms with van der Waals surface area (Å²) in [6, 6.07) is 0. The Kier molecular flexibility index (Phi) is 71.3. The van der Waals surface area contributed by atoms with Crippen LogP contribution in [-0.4, -0.2) is 87.4 Å². The van der Waals surface area contributed by atoms with Gasteiger partial charge in [-0.1, -0.05) is 365 Å². The smallest absolute Gasteiger partial charge is 0.361 e. The number of unbranched alkanes of at least 4 members (excludes halogenated alkanes) is 55. The molecule has 2 atom stereocenters. The number of hydrogen-bond donors (Lipinski definition) is 1. The van der Waals surface area contributed by atoms with Gasteiger partial charge in [-0.05, 0) is 70.6 Å². The van der Waals surface area contributed by atoms with Gasteiger partial charge in [0.1, 0.15) is 13.2 Å². The Balaban J connectivity index is 3.96. The highest BCUT2D eigenvalue weighted by atomic mass is 16.7. The SMILES string of the molecule is CCCCCCC/C=C\C/C=C\CCCCCCCCCCCCCCCCCCCC(=O)OC(COC(=O)CCCCCCCCCCCCCCCCCCCCCCCCCCC/C=C\CCCCCCCCCC)COC(OCC[N+](C)(C)C)C(=O)O. The van der Waals surface area contributed by atoms with Gasteiger partial charge in [0.25, 0.3) is 6.29 Å². The van der Waals surface area contributed by atoms with Gasteiger partial charge >= 0.3 is 17.9 Å². The zero-order chi connectivity index (χ0) is 66.1. The molecular weight excluding hydrogens is 1130 g/mol. The molecule has 0 aromatic carbocycles. The standard InChI is InChI=1S/C82H155NO8/c1-6-8-10-12-14-16-18-20-22-24-26-28-30-32-34-36-37-38-39-40-41-42-43-45-46-48-50-52-54-56-58-60-62-64-66-68-70-72-79(84)89-76-78(77-90-82(81(86)87)88-75-74-83(3,4)5)91-80(85)73-71-69-67-65-63-61-59-57-55-53-51-49-47-44-35-33-31-29-27-25-23-21-19-17-15-13-11-9-7-2/h19,21,24-27,78,82H,6-18,20,22-23,28-77H2,1-5H3/p+1/b21-19-,26-24-,27-25-. The highest BCUT2D eigenvalue weighted by Gasteiger charge is 2.25. The van der Waals surface area contributed by atoms with E-state index in [0.717, 1.165) is 44.9 Å². The Morgan fingerprint density at radius 2 is 0.593 bits per heavy atom. The van der Waals surface area contributed by atoms with Gasteiger partial charge in [0.15, 0.2) is 6.10 Å². The number of nitrogens with zero attached hydrogens (tertiary/aromatic N) is 1. The largest absolute Gasteiger partial charge is 0.477 e. The van der Waals surface area contributed by atoms with Gasteiger partial charge in [0.2, 0.25) is 0 Å². The van der Waals surface area contributed by atoms with Crippen molar-refractivity contribution in [2.75, 3.05) is 47.5 Å². The first-order valence-electron chi connectivity index (χ1n) is 40.2. The van der Waals surface area contributed by atoms with Crippen molar-refractivity contribution in [2.24, 2.45) is 0 Å². The van der Waals surface area contributed by atoms with Gasteiger partial charge in [-0.3, -0.25) is 9.59 Å². The van der Waals surface area contributed by atoms with Crippen molar-refractivity contribution in [1.29, 1.82) is 0 Å². The third-order valence-electron chi connectivity index (χ3n) is 18.4. The summed E-state index contributed by atoms with van der Waals surface area (Å²) < 4.78 is 23.1. The zero-order valence-electron chi connectivity index (χ0n) is 61.5. The van der Waals surface area contributed by atoms with E-state index in [2.05, 4.69) is 50.3 Å². The summed E-state index contributed by atoms with van der Waals surface area (Å²) >= 11 is 0. The van der Waals surface area contributed by atoms with Gasteiger partial charge in [-0.15, -0.1) is 0 Å². The molecule has 0 fully saturated rings. The number of likely N-dealkylation sites (N-methyl/N-ethyl adjacent to an activating group) is 1. The van der Waals surface area contributed by atoms with Crippen LogP contribution >= 0.6 is 0 Å². The molecule has 0 saturated carbocycles. The lowest BCUT2D eigenvalue weighted by molar-refractivity contribution is -0.870. The second-order valence-electron chi connectivity index (χ2n) is 28.7. The van der Waals surface area contributed by atoms with Gasteiger partial charge in [0, 0.05) is 12.8 Å². The van der Waals surface area contributed by atoms with Crippen LogP contribution in [0.25, 0.3) is 0 Å². The summed E-state index contributed by atoms with van der Waals surface area (Å²) in [7, 11) is 6.00. The molecule has 0 aliphatic carbocycles. The van der Waals surface area contributed by atoms with Crippen molar-refractivity contribution < 1.29 is 42.9 Å². The maximum atomic E-state index is 13.0. The number of aliphatic carboxylic acids is 1. The molecule has 0 bridgehead atoms. The molecule has 0 saturated heterocycles. The quantitative estimate of drug-likeness (QED) is 0.0211. The summed E-state index contributed by atoms with van der Waals surface area (Å²) in [6.07, 6.45) is 91.6. The maximum Gasteiger partial charge on any atom is 0.361 e. The fourth-order valence-electron chi connectivity index (χ4n) is 12.2. The first kappa shape index (κ1) is 88.5. The highest BCUT2D eigenvalue weighted by molar-refractivity contribution is 5.71. The molecule has 9 nitrogen and oxygen atoms in total. The first-order chi connectivity index (χ1) is 44.6. The van der Waals surface area contributed by atoms with Gasteiger partial charge < -0.3 is 28.5 Å². The van der Waals surface area contributed by atoms with Crippen molar-refractivity contribution in [2.45, 2.75) is 424 Å². The first-order valence-corrected chi connectivity index (χ1v) is 40.2. The van der Waals surface area contributed by atoms with E-state index in [1.807, 2.05) is 21.1 Å². The zero-order valence-corrected chi connectivity index (χ0v) is 61.5. The molecule has 0 aliphatic heterocycles.